The molecule has 1 rings (SSSR count). The van der Waals surface area contributed by atoms with Crippen LogP contribution in [0.3, 0.4) is 0 Å². The van der Waals surface area contributed by atoms with E-state index in [0.29, 0.717) is 5.56 Å². The second kappa shape index (κ2) is 11.9. The Morgan fingerprint density at radius 1 is 1.12 bits per heavy atom. The third-order valence-corrected chi connectivity index (χ3v) is 4.70. The molecule has 1 aromatic carbocycles. The predicted molar refractivity (Wildman–Crippen MR) is 131 cm³/mol. The van der Waals surface area contributed by atoms with Crippen molar-refractivity contribution in [1.29, 1.82) is 0 Å². The molecule has 0 aliphatic rings. The summed E-state index contributed by atoms with van der Waals surface area (Å²) in [5, 5.41) is 5.48. The maximum absolute atomic E-state index is 13.5. The van der Waals surface area contributed by atoms with Crippen molar-refractivity contribution in [3.05, 3.63) is 47.5 Å². The molecule has 0 spiro atoms. The third-order valence-electron chi connectivity index (χ3n) is 4.33. The van der Waals surface area contributed by atoms with Crippen molar-refractivity contribution in [2.75, 3.05) is 12.3 Å². The number of rotatable bonds is 9. The molecule has 0 aliphatic heterocycles. The fraction of sp³-hybridized carbons (Fsp3) is 0.542. The van der Waals surface area contributed by atoms with Gasteiger partial charge in [-0.3, -0.25) is 9.59 Å². The van der Waals surface area contributed by atoms with E-state index in [4.69, 9.17) is 4.74 Å². The molecular weight excluding hydrogens is 426 g/mol. The Kier molecular flexibility index (Phi) is 10.3. The zero-order valence-electron chi connectivity index (χ0n) is 20.2. The van der Waals surface area contributed by atoms with Crippen LogP contribution in [0.5, 0.6) is 0 Å². The molecule has 3 amide bonds. The normalized spacial score (nSPS) is 13.2. The molecule has 2 N–H and O–H groups in total. The van der Waals surface area contributed by atoms with E-state index in [9.17, 15) is 14.4 Å². The van der Waals surface area contributed by atoms with Crippen LogP contribution in [0.25, 0.3) is 0 Å². The van der Waals surface area contributed by atoms with Gasteiger partial charge in [0.05, 0.1) is 0 Å². The zero-order valence-corrected chi connectivity index (χ0v) is 21.1. The number of benzene rings is 1. The minimum atomic E-state index is -0.978. The lowest BCUT2D eigenvalue weighted by atomic mass is 9.98. The largest absolute Gasteiger partial charge is 0.444 e. The van der Waals surface area contributed by atoms with Gasteiger partial charge >= 0.3 is 6.09 Å². The Labute approximate surface area is 197 Å². The monoisotopic (exact) mass is 463 g/mol. The van der Waals surface area contributed by atoms with Crippen LogP contribution in [-0.4, -0.2) is 52.8 Å². The Morgan fingerprint density at radius 2 is 1.69 bits per heavy atom. The standard InChI is InChI=1S/C24H37N3O4S/c1-9-10-27(22(29)19(14-32)26-23(30)31-24(6,7)8)20(21(28)25-15(2)3)18-12-16(4)11-17(5)13-18/h9,11-13,15,19-20,32H,1,10,14H2,2-8H3,(H,25,28)(H,26,30). The molecule has 32 heavy (non-hydrogen) atoms. The summed E-state index contributed by atoms with van der Waals surface area (Å²) in [6, 6.07) is 3.78. The van der Waals surface area contributed by atoms with Gasteiger partial charge in [-0.05, 0) is 54.0 Å². The van der Waals surface area contributed by atoms with Crippen LogP contribution < -0.4 is 10.6 Å². The van der Waals surface area contributed by atoms with Crippen LogP contribution >= 0.6 is 12.6 Å². The van der Waals surface area contributed by atoms with E-state index in [0.717, 1.165) is 11.1 Å². The molecule has 0 saturated heterocycles. The summed E-state index contributed by atoms with van der Waals surface area (Å²) in [4.78, 5) is 40.5. The van der Waals surface area contributed by atoms with Gasteiger partial charge in [-0.2, -0.15) is 12.6 Å². The number of aryl methyl sites for hydroxylation is 2. The quantitative estimate of drug-likeness (QED) is 0.385. The molecule has 0 saturated carbocycles. The Balaban J connectivity index is 3.39. The Morgan fingerprint density at radius 3 is 2.12 bits per heavy atom. The molecule has 1 aromatic rings. The van der Waals surface area contributed by atoms with Crippen molar-refractivity contribution in [3.8, 4) is 0 Å². The number of hydrogen-bond acceptors (Lipinski definition) is 5. The van der Waals surface area contributed by atoms with Crippen molar-refractivity contribution in [1.82, 2.24) is 15.5 Å². The molecule has 7 nitrogen and oxygen atoms in total. The minimum Gasteiger partial charge on any atom is -0.444 e. The summed E-state index contributed by atoms with van der Waals surface area (Å²) >= 11 is 4.26. The van der Waals surface area contributed by atoms with Gasteiger partial charge in [0.1, 0.15) is 17.7 Å². The van der Waals surface area contributed by atoms with Gasteiger partial charge in [-0.25, -0.2) is 4.79 Å². The topological polar surface area (TPSA) is 87.7 Å². The Hall–Kier alpha value is -2.48. The van der Waals surface area contributed by atoms with E-state index in [-0.39, 0.29) is 24.2 Å². The van der Waals surface area contributed by atoms with Crippen molar-refractivity contribution < 1.29 is 19.1 Å². The highest BCUT2D eigenvalue weighted by Crippen LogP contribution is 2.25. The number of hydrogen-bond donors (Lipinski definition) is 3. The highest BCUT2D eigenvalue weighted by atomic mass is 32.1. The second-order valence-electron chi connectivity index (χ2n) is 9.15. The summed E-state index contributed by atoms with van der Waals surface area (Å²) in [7, 11) is 0. The number of amides is 3. The van der Waals surface area contributed by atoms with Gasteiger partial charge in [0.25, 0.3) is 0 Å². The maximum Gasteiger partial charge on any atom is 0.408 e. The average molecular weight is 464 g/mol. The number of alkyl carbamates (subject to hydrolysis) is 1. The van der Waals surface area contributed by atoms with E-state index in [1.807, 2.05) is 45.9 Å². The lowest BCUT2D eigenvalue weighted by molar-refractivity contribution is -0.141. The van der Waals surface area contributed by atoms with Crippen LogP contribution in [0.15, 0.2) is 30.9 Å². The van der Waals surface area contributed by atoms with Crippen molar-refractivity contribution in [3.63, 3.8) is 0 Å². The smallest absolute Gasteiger partial charge is 0.408 e. The second-order valence-corrected chi connectivity index (χ2v) is 9.51. The number of thiol groups is 1. The summed E-state index contributed by atoms with van der Waals surface area (Å²) in [5.74, 6) is -0.721. The highest BCUT2D eigenvalue weighted by molar-refractivity contribution is 7.80. The van der Waals surface area contributed by atoms with E-state index >= 15 is 0 Å². The van der Waals surface area contributed by atoms with Gasteiger partial charge in [0.2, 0.25) is 11.8 Å². The number of nitrogens with zero attached hydrogens (tertiary/aromatic N) is 1. The molecule has 0 fully saturated rings. The summed E-state index contributed by atoms with van der Waals surface area (Å²) < 4.78 is 5.28. The van der Waals surface area contributed by atoms with Gasteiger partial charge < -0.3 is 20.3 Å². The first-order valence-electron chi connectivity index (χ1n) is 10.7. The van der Waals surface area contributed by atoms with Crippen molar-refractivity contribution >= 4 is 30.5 Å². The summed E-state index contributed by atoms with van der Waals surface area (Å²) in [6.07, 6.45) is 0.831. The molecule has 0 bridgehead atoms. The lowest BCUT2D eigenvalue weighted by Gasteiger charge is -2.34. The molecule has 2 atom stereocenters. The van der Waals surface area contributed by atoms with E-state index in [1.54, 1.807) is 26.8 Å². The SMILES string of the molecule is C=CCN(C(=O)C(CS)NC(=O)OC(C)(C)C)C(C(=O)NC(C)C)c1cc(C)cc(C)c1. The molecule has 178 valence electrons. The van der Waals surface area contributed by atoms with Gasteiger partial charge in [-0.15, -0.1) is 6.58 Å². The highest BCUT2D eigenvalue weighted by Gasteiger charge is 2.35. The van der Waals surface area contributed by atoms with Crippen LogP contribution in [-0.2, 0) is 14.3 Å². The van der Waals surface area contributed by atoms with E-state index in [1.165, 1.54) is 4.90 Å². The minimum absolute atomic E-state index is 0.0388. The first-order valence-corrected chi connectivity index (χ1v) is 11.3. The van der Waals surface area contributed by atoms with E-state index < -0.39 is 29.7 Å². The fourth-order valence-electron chi connectivity index (χ4n) is 3.30. The third kappa shape index (κ3) is 8.57. The van der Waals surface area contributed by atoms with Gasteiger partial charge in [0.15, 0.2) is 0 Å². The van der Waals surface area contributed by atoms with Crippen LogP contribution in [0.2, 0.25) is 0 Å². The number of nitrogens with one attached hydrogen (secondary N) is 2. The van der Waals surface area contributed by atoms with Gasteiger partial charge in [-0.1, -0.05) is 35.4 Å². The van der Waals surface area contributed by atoms with Gasteiger partial charge in [0, 0.05) is 18.3 Å². The molecule has 0 aliphatic carbocycles. The molecule has 8 heteroatoms. The maximum atomic E-state index is 13.5. The fourth-order valence-corrected chi connectivity index (χ4v) is 3.55. The summed E-state index contributed by atoms with van der Waals surface area (Å²) in [6.45, 7) is 16.7. The molecule has 2 unspecified atom stereocenters. The molecule has 0 heterocycles. The van der Waals surface area contributed by atoms with Crippen molar-refractivity contribution in [2.45, 2.75) is 72.2 Å². The first-order chi connectivity index (χ1) is 14.8. The molecular formula is C24H37N3O4S. The number of carbonyl (C=O) groups excluding carboxylic acids is 3. The molecule has 0 aromatic heterocycles. The van der Waals surface area contributed by atoms with Crippen LogP contribution in [0.1, 0.15) is 57.4 Å². The first kappa shape index (κ1) is 27.6. The Bertz CT molecular complexity index is 813. The van der Waals surface area contributed by atoms with Crippen LogP contribution in [0.4, 0.5) is 4.79 Å². The summed E-state index contributed by atoms with van der Waals surface area (Å²) in [5.41, 5.74) is 1.93. The number of ether oxygens (including phenoxy) is 1. The molecule has 0 radical (unpaired) electrons. The van der Waals surface area contributed by atoms with Crippen molar-refractivity contribution in [2.24, 2.45) is 0 Å². The average Bonchev–Trinajstić information content (AvgIpc) is 2.62. The van der Waals surface area contributed by atoms with Crippen LogP contribution in [0, 0.1) is 13.8 Å². The zero-order chi connectivity index (χ0) is 24.6. The lowest BCUT2D eigenvalue weighted by Crippen LogP contribution is -2.54. The van der Waals surface area contributed by atoms with E-state index in [2.05, 4.69) is 29.8 Å². The predicted octanol–water partition coefficient (Wildman–Crippen LogP) is 3.71. The number of carbonyl (C=O) groups is 3.